The van der Waals surface area contributed by atoms with Crippen molar-refractivity contribution in [1.29, 1.82) is 5.26 Å². The highest BCUT2D eigenvalue weighted by Gasteiger charge is 2.22. The van der Waals surface area contributed by atoms with Crippen LogP contribution in [0, 0.1) is 11.3 Å². The van der Waals surface area contributed by atoms with Crippen LogP contribution in [0.2, 0.25) is 0 Å². The number of nitriles is 1. The predicted octanol–water partition coefficient (Wildman–Crippen LogP) is 3.48. The largest absolute Gasteiger partial charge is 0.450 e. The van der Waals surface area contributed by atoms with E-state index in [1.165, 1.54) is 0 Å². The fraction of sp³-hybridized carbons (Fsp3) is 0.381. The molecular formula is C21H25N3O3. The molecule has 1 unspecified atom stereocenters. The van der Waals surface area contributed by atoms with Gasteiger partial charge in [0, 0.05) is 13.1 Å². The molecule has 27 heavy (non-hydrogen) atoms. The zero-order valence-electron chi connectivity index (χ0n) is 15.5. The Morgan fingerprint density at radius 3 is 2.67 bits per heavy atom. The van der Waals surface area contributed by atoms with Gasteiger partial charge in [0.05, 0.1) is 25.0 Å². The molecule has 2 aromatic carbocycles. The van der Waals surface area contributed by atoms with Crippen LogP contribution in [-0.2, 0) is 9.53 Å². The maximum atomic E-state index is 12.6. The third-order valence-electron chi connectivity index (χ3n) is 4.21. The quantitative estimate of drug-likeness (QED) is 0.664. The molecule has 2 amide bonds. The van der Waals surface area contributed by atoms with Crippen molar-refractivity contribution in [2.75, 3.05) is 19.7 Å². The molecule has 0 radical (unpaired) electrons. The van der Waals surface area contributed by atoms with Gasteiger partial charge in [-0.25, -0.2) is 4.79 Å². The van der Waals surface area contributed by atoms with Crippen molar-refractivity contribution in [3.63, 3.8) is 0 Å². The molecule has 0 heterocycles. The van der Waals surface area contributed by atoms with Crippen LogP contribution in [0.15, 0.2) is 42.5 Å². The molecule has 2 N–H and O–H groups in total. The SMILES string of the molecule is CCCCOC(=O)NCC(C(=O)NCCC#N)c1ccc2ccccc2c1. The lowest BCUT2D eigenvalue weighted by molar-refractivity contribution is -0.122. The Morgan fingerprint density at radius 1 is 1.15 bits per heavy atom. The van der Waals surface area contributed by atoms with Crippen molar-refractivity contribution in [1.82, 2.24) is 10.6 Å². The van der Waals surface area contributed by atoms with Crippen molar-refractivity contribution in [3.05, 3.63) is 48.0 Å². The van der Waals surface area contributed by atoms with E-state index < -0.39 is 12.0 Å². The highest BCUT2D eigenvalue weighted by Crippen LogP contribution is 2.22. The van der Waals surface area contributed by atoms with Gasteiger partial charge in [-0.05, 0) is 22.8 Å². The van der Waals surface area contributed by atoms with E-state index >= 15 is 0 Å². The van der Waals surface area contributed by atoms with Gasteiger partial charge in [-0.15, -0.1) is 0 Å². The molecule has 0 aliphatic carbocycles. The maximum absolute atomic E-state index is 12.6. The van der Waals surface area contributed by atoms with Gasteiger partial charge in [-0.2, -0.15) is 5.26 Å². The molecule has 0 saturated carbocycles. The molecule has 0 aliphatic rings. The van der Waals surface area contributed by atoms with Gasteiger partial charge in [0.2, 0.25) is 5.91 Å². The van der Waals surface area contributed by atoms with E-state index in [1.807, 2.05) is 55.5 Å². The third kappa shape index (κ3) is 6.30. The summed E-state index contributed by atoms with van der Waals surface area (Å²) in [7, 11) is 0. The molecule has 0 saturated heterocycles. The first-order valence-corrected chi connectivity index (χ1v) is 9.19. The fourth-order valence-corrected chi connectivity index (χ4v) is 2.70. The minimum absolute atomic E-state index is 0.127. The number of amides is 2. The average molecular weight is 367 g/mol. The first kappa shape index (κ1) is 20.2. The summed E-state index contributed by atoms with van der Waals surface area (Å²) in [4.78, 5) is 24.5. The summed E-state index contributed by atoms with van der Waals surface area (Å²) in [6.45, 7) is 2.78. The standard InChI is InChI=1S/C21H25N3O3/c1-2-3-13-27-21(26)24-15-19(20(25)23-12-6-11-22)18-10-9-16-7-4-5-8-17(16)14-18/h4-5,7-10,14,19H,2-3,6,12-13,15H2,1H3,(H,23,25)(H,24,26). The average Bonchev–Trinajstić information content (AvgIpc) is 2.68. The fourth-order valence-electron chi connectivity index (χ4n) is 2.70. The summed E-state index contributed by atoms with van der Waals surface area (Å²) in [5, 5.41) is 16.2. The van der Waals surface area contributed by atoms with Crippen molar-refractivity contribution in [2.45, 2.75) is 32.1 Å². The molecule has 1 atom stereocenters. The van der Waals surface area contributed by atoms with Crippen molar-refractivity contribution >= 4 is 22.8 Å². The first-order chi connectivity index (χ1) is 13.2. The predicted molar refractivity (Wildman–Crippen MR) is 104 cm³/mol. The summed E-state index contributed by atoms with van der Waals surface area (Å²) in [5.41, 5.74) is 0.803. The van der Waals surface area contributed by atoms with E-state index in [2.05, 4.69) is 10.6 Å². The molecule has 2 aromatic rings. The van der Waals surface area contributed by atoms with Gasteiger partial charge < -0.3 is 15.4 Å². The van der Waals surface area contributed by atoms with Crippen LogP contribution >= 0.6 is 0 Å². The Labute approximate surface area is 159 Å². The molecule has 0 bridgehead atoms. The first-order valence-electron chi connectivity index (χ1n) is 9.19. The van der Waals surface area contributed by atoms with Gasteiger partial charge in [0.1, 0.15) is 0 Å². The molecule has 0 fully saturated rings. The minimum atomic E-state index is -0.563. The molecule has 2 rings (SSSR count). The van der Waals surface area contributed by atoms with E-state index in [0.29, 0.717) is 6.61 Å². The Bertz CT molecular complexity index is 814. The molecule has 6 nitrogen and oxygen atoms in total. The van der Waals surface area contributed by atoms with E-state index in [4.69, 9.17) is 10.00 Å². The number of benzene rings is 2. The number of carbonyl (C=O) groups is 2. The summed E-state index contributed by atoms with van der Waals surface area (Å²) < 4.78 is 5.09. The van der Waals surface area contributed by atoms with Gasteiger partial charge >= 0.3 is 6.09 Å². The second-order valence-electron chi connectivity index (χ2n) is 6.23. The van der Waals surface area contributed by atoms with E-state index in [9.17, 15) is 9.59 Å². The Kier molecular flexibility index (Phi) is 8.11. The Hall–Kier alpha value is -3.07. The van der Waals surface area contributed by atoms with Gasteiger partial charge in [0.25, 0.3) is 0 Å². The van der Waals surface area contributed by atoms with Crippen molar-refractivity contribution in [3.8, 4) is 6.07 Å². The second-order valence-corrected chi connectivity index (χ2v) is 6.23. The lowest BCUT2D eigenvalue weighted by atomic mass is 9.95. The lowest BCUT2D eigenvalue weighted by Gasteiger charge is -2.18. The Balaban J connectivity index is 2.11. The van der Waals surface area contributed by atoms with E-state index in [-0.39, 0.29) is 25.4 Å². The summed E-state index contributed by atoms with van der Waals surface area (Å²) in [5.74, 6) is -0.790. The summed E-state index contributed by atoms with van der Waals surface area (Å²) in [6, 6.07) is 15.7. The molecule has 0 aromatic heterocycles. The highest BCUT2D eigenvalue weighted by atomic mass is 16.5. The number of nitrogens with zero attached hydrogens (tertiary/aromatic N) is 1. The van der Waals surface area contributed by atoms with Crippen LogP contribution in [0.25, 0.3) is 10.8 Å². The van der Waals surface area contributed by atoms with E-state index in [0.717, 1.165) is 29.2 Å². The summed E-state index contributed by atoms with van der Waals surface area (Å²) in [6.07, 6.45) is 1.45. The number of hydrogen-bond acceptors (Lipinski definition) is 4. The number of carbonyl (C=O) groups excluding carboxylic acids is 2. The number of unbranched alkanes of at least 4 members (excludes halogenated alkanes) is 1. The van der Waals surface area contributed by atoms with Crippen molar-refractivity contribution in [2.24, 2.45) is 0 Å². The number of hydrogen-bond donors (Lipinski definition) is 2. The lowest BCUT2D eigenvalue weighted by Crippen LogP contribution is -2.38. The molecule has 0 aliphatic heterocycles. The van der Waals surface area contributed by atoms with Crippen molar-refractivity contribution < 1.29 is 14.3 Å². The maximum Gasteiger partial charge on any atom is 0.407 e. The van der Waals surface area contributed by atoms with Gasteiger partial charge in [-0.1, -0.05) is 55.8 Å². The van der Waals surface area contributed by atoms with Crippen LogP contribution in [0.1, 0.15) is 37.7 Å². The zero-order valence-corrected chi connectivity index (χ0v) is 15.5. The number of rotatable bonds is 9. The molecule has 142 valence electrons. The molecule has 0 spiro atoms. The molecular weight excluding hydrogens is 342 g/mol. The topological polar surface area (TPSA) is 91.2 Å². The monoisotopic (exact) mass is 367 g/mol. The normalized spacial score (nSPS) is 11.4. The minimum Gasteiger partial charge on any atom is -0.450 e. The van der Waals surface area contributed by atoms with E-state index in [1.54, 1.807) is 0 Å². The van der Waals surface area contributed by atoms with Crippen LogP contribution in [0.3, 0.4) is 0 Å². The number of ether oxygens (including phenoxy) is 1. The zero-order chi connectivity index (χ0) is 19.5. The van der Waals surface area contributed by atoms with Crippen LogP contribution in [0.5, 0.6) is 0 Å². The molecule has 6 heteroatoms. The summed E-state index contributed by atoms with van der Waals surface area (Å²) >= 11 is 0. The Morgan fingerprint density at radius 2 is 1.93 bits per heavy atom. The smallest absolute Gasteiger partial charge is 0.407 e. The van der Waals surface area contributed by atoms with Crippen LogP contribution in [-0.4, -0.2) is 31.7 Å². The number of nitrogens with one attached hydrogen (secondary N) is 2. The van der Waals surface area contributed by atoms with Crippen LogP contribution in [0.4, 0.5) is 4.79 Å². The highest BCUT2D eigenvalue weighted by molar-refractivity contribution is 5.88. The number of alkyl carbamates (subject to hydrolysis) is 1. The van der Waals surface area contributed by atoms with Gasteiger partial charge in [0.15, 0.2) is 0 Å². The van der Waals surface area contributed by atoms with Crippen LogP contribution < -0.4 is 10.6 Å². The van der Waals surface area contributed by atoms with Gasteiger partial charge in [-0.3, -0.25) is 4.79 Å². The number of fused-ring (bicyclic) bond motifs is 1. The second kappa shape index (κ2) is 10.8. The third-order valence-corrected chi connectivity index (χ3v) is 4.21.